The molecule has 2 aromatic carbocycles. The summed E-state index contributed by atoms with van der Waals surface area (Å²) in [5, 5.41) is 0.0590. The second-order valence-corrected chi connectivity index (χ2v) is 6.71. The van der Waals surface area contributed by atoms with Gasteiger partial charge in [-0.3, -0.25) is 0 Å². The lowest BCUT2D eigenvalue weighted by atomic mass is 10.1. The topological polar surface area (TPSA) is 43.4 Å². The Hall–Kier alpha value is -1.23. The zero-order valence-electron chi connectivity index (χ0n) is 10.9. The van der Waals surface area contributed by atoms with E-state index in [0.717, 1.165) is 11.1 Å². The predicted molar refractivity (Wildman–Crippen MR) is 80.2 cm³/mol. The maximum absolute atomic E-state index is 12.3. The number of hydrogen-bond donors (Lipinski definition) is 0. The standard InChI is InChI=1S/C14H12Cl2O3S/c1-9-6-10(2)8-11(7-9)19-20(17,18)14-12(15)4-3-5-13(14)16/h3-8H,1-2H3. The third-order valence-corrected chi connectivity index (χ3v) is 4.78. The van der Waals surface area contributed by atoms with Crippen LogP contribution >= 0.6 is 23.2 Å². The van der Waals surface area contributed by atoms with Crippen molar-refractivity contribution in [2.24, 2.45) is 0 Å². The molecule has 0 heterocycles. The van der Waals surface area contributed by atoms with E-state index in [2.05, 4.69) is 0 Å². The van der Waals surface area contributed by atoms with Crippen LogP contribution in [0.1, 0.15) is 11.1 Å². The molecule has 0 radical (unpaired) electrons. The molecule has 20 heavy (non-hydrogen) atoms. The van der Waals surface area contributed by atoms with E-state index >= 15 is 0 Å². The maximum atomic E-state index is 12.3. The predicted octanol–water partition coefficient (Wildman–Crippen LogP) is 4.38. The molecule has 0 saturated heterocycles. The minimum absolute atomic E-state index is 0.0295. The van der Waals surface area contributed by atoms with E-state index in [1.54, 1.807) is 18.2 Å². The summed E-state index contributed by atoms with van der Waals surface area (Å²) in [5.41, 5.74) is 1.81. The molecule has 0 amide bonds. The summed E-state index contributed by atoms with van der Waals surface area (Å²) in [7, 11) is -4.07. The Morgan fingerprint density at radius 3 is 1.95 bits per heavy atom. The van der Waals surface area contributed by atoms with Crippen LogP contribution in [0.3, 0.4) is 0 Å². The van der Waals surface area contributed by atoms with Gasteiger partial charge in [0, 0.05) is 0 Å². The highest BCUT2D eigenvalue weighted by molar-refractivity contribution is 7.87. The van der Waals surface area contributed by atoms with E-state index < -0.39 is 10.1 Å². The van der Waals surface area contributed by atoms with Gasteiger partial charge in [-0.2, -0.15) is 8.42 Å². The molecule has 0 aliphatic carbocycles. The van der Waals surface area contributed by atoms with E-state index in [9.17, 15) is 8.42 Å². The first-order chi connectivity index (χ1) is 9.29. The highest BCUT2D eigenvalue weighted by Gasteiger charge is 2.24. The van der Waals surface area contributed by atoms with Crippen molar-refractivity contribution in [2.75, 3.05) is 0 Å². The first-order valence-corrected chi connectivity index (χ1v) is 7.93. The lowest BCUT2D eigenvalue weighted by Gasteiger charge is -2.11. The van der Waals surface area contributed by atoms with Crippen molar-refractivity contribution < 1.29 is 12.6 Å². The van der Waals surface area contributed by atoms with Crippen LogP contribution in [0.4, 0.5) is 0 Å². The number of halogens is 2. The quantitative estimate of drug-likeness (QED) is 0.784. The molecule has 0 N–H and O–H groups in total. The van der Waals surface area contributed by atoms with Gasteiger partial charge in [-0.1, -0.05) is 35.3 Å². The fourth-order valence-corrected chi connectivity index (χ4v) is 3.88. The SMILES string of the molecule is Cc1cc(C)cc(OS(=O)(=O)c2c(Cl)cccc2Cl)c1. The van der Waals surface area contributed by atoms with E-state index in [1.807, 2.05) is 19.9 Å². The average molecular weight is 331 g/mol. The fourth-order valence-electron chi connectivity index (χ4n) is 1.87. The Bertz CT molecular complexity index is 715. The van der Waals surface area contributed by atoms with Gasteiger partial charge >= 0.3 is 10.1 Å². The average Bonchev–Trinajstić information content (AvgIpc) is 2.25. The second-order valence-electron chi connectivity index (χ2n) is 4.41. The van der Waals surface area contributed by atoms with Gasteiger partial charge < -0.3 is 4.18 Å². The molecule has 0 unspecified atom stereocenters. The number of aryl methyl sites for hydroxylation is 2. The maximum Gasteiger partial charge on any atom is 0.342 e. The van der Waals surface area contributed by atoms with Crippen LogP contribution in [0.15, 0.2) is 41.3 Å². The Labute approximate surface area is 128 Å². The van der Waals surface area contributed by atoms with Gasteiger partial charge in [-0.25, -0.2) is 0 Å². The van der Waals surface area contributed by atoms with E-state index in [0.29, 0.717) is 0 Å². The highest BCUT2D eigenvalue weighted by atomic mass is 35.5. The first-order valence-electron chi connectivity index (χ1n) is 5.76. The Morgan fingerprint density at radius 2 is 1.45 bits per heavy atom. The molecule has 0 aliphatic heterocycles. The summed E-state index contributed by atoms with van der Waals surface area (Å²) in [5.74, 6) is 0.235. The van der Waals surface area contributed by atoms with Crippen LogP contribution in [-0.4, -0.2) is 8.42 Å². The summed E-state index contributed by atoms with van der Waals surface area (Å²) < 4.78 is 29.7. The monoisotopic (exact) mass is 330 g/mol. The third kappa shape index (κ3) is 3.26. The minimum Gasteiger partial charge on any atom is -0.379 e. The van der Waals surface area contributed by atoms with Gasteiger partial charge in [0.25, 0.3) is 0 Å². The minimum atomic E-state index is -4.07. The van der Waals surface area contributed by atoms with Crippen molar-refractivity contribution in [3.8, 4) is 5.75 Å². The fraction of sp³-hybridized carbons (Fsp3) is 0.143. The first kappa shape index (κ1) is 15.2. The van der Waals surface area contributed by atoms with Crippen LogP contribution in [0.5, 0.6) is 5.75 Å². The Morgan fingerprint density at radius 1 is 0.950 bits per heavy atom. The normalized spacial score (nSPS) is 11.4. The van der Waals surface area contributed by atoms with Crippen LogP contribution < -0.4 is 4.18 Å². The highest BCUT2D eigenvalue weighted by Crippen LogP contribution is 2.31. The molecule has 106 valence electrons. The Balaban J connectivity index is 2.46. The van der Waals surface area contributed by atoms with Crippen molar-refractivity contribution in [2.45, 2.75) is 18.7 Å². The summed E-state index contributed by atoms with van der Waals surface area (Å²) in [6.45, 7) is 3.71. The molecule has 2 rings (SSSR count). The second kappa shape index (κ2) is 5.64. The van der Waals surface area contributed by atoms with Gasteiger partial charge in [-0.05, 0) is 49.2 Å². The smallest absolute Gasteiger partial charge is 0.342 e. The van der Waals surface area contributed by atoms with Crippen LogP contribution in [0.2, 0.25) is 10.0 Å². The van der Waals surface area contributed by atoms with Crippen molar-refractivity contribution in [1.29, 1.82) is 0 Å². The van der Waals surface area contributed by atoms with Gasteiger partial charge in [0.2, 0.25) is 0 Å². The molecule has 0 saturated carbocycles. The summed E-state index contributed by atoms with van der Waals surface area (Å²) >= 11 is 11.8. The van der Waals surface area contributed by atoms with E-state index in [1.165, 1.54) is 12.1 Å². The number of rotatable bonds is 3. The van der Waals surface area contributed by atoms with Crippen molar-refractivity contribution in [3.05, 3.63) is 57.6 Å². The molecule has 0 bridgehead atoms. The van der Waals surface area contributed by atoms with Crippen molar-refractivity contribution in [1.82, 2.24) is 0 Å². The van der Waals surface area contributed by atoms with Crippen LogP contribution in [0.25, 0.3) is 0 Å². The molecule has 0 aromatic heterocycles. The van der Waals surface area contributed by atoms with Gasteiger partial charge in [-0.15, -0.1) is 0 Å². The molecule has 0 fully saturated rings. The summed E-state index contributed by atoms with van der Waals surface area (Å²) in [6, 6.07) is 9.66. The molecule has 0 atom stereocenters. The lowest BCUT2D eigenvalue weighted by molar-refractivity contribution is 0.486. The van der Waals surface area contributed by atoms with Gasteiger partial charge in [0.15, 0.2) is 0 Å². The Kier molecular flexibility index (Phi) is 4.28. The zero-order chi connectivity index (χ0) is 14.9. The molecule has 0 spiro atoms. The van der Waals surface area contributed by atoms with Crippen molar-refractivity contribution in [3.63, 3.8) is 0 Å². The van der Waals surface area contributed by atoms with Gasteiger partial charge in [0.1, 0.15) is 10.6 Å². The zero-order valence-corrected chi connectivity index (χ0v) is 13.2. The summed E-state index contributed by atoms with van der Waals surface area (Å²) in [4.78, 5) is -0.220. The largest absolute Gasteiger partial charge is 0.379 e. The number of hydrogen-bond acceptors (Lipinski definition) is 3. The van der Waals surface area contributed by atoms with Crippen LogP contribution in [0, 0.1) is 13.8 Å². The summed E-state index contributed by atoms with van der Waals surface area (Å²) in [6.07, 6.45) is 0. The molecular formula is C14H12Cl2O3S. The van der Waals surface area contributed by atoms with Crippen LogP contribution in [-0.2, 0) is 10.1 Å². The number of benzene rings is 2. The van der Waals surface area contributed by atoms with E-state index in [4.69, 9.17) is 27.4 Å². The molecule has 0 aliphatic rings. The molecule has 3 nitrogen and oxygen atoms in total. The van der Waals surface area contributed by atoms with Crippen molar-refractivity contribution >= 4 is 33.3 Å². The van der Waals surface area contributed by atoms with Gasteiger partial charge in [0.05, 0.1) is 10.0 Å². The van der Waals surface area contributed by atoms with E-state index in [-0.39, 0.29) is 20.7 Å². The molecular weight excluding hydrogens is 319 g/mol. The lowest BCUT2D eigenvalue weighted by Crippen LogP contribution is -2.11. The molecule has 2 aromatic rings. The molecule has 6 heteroatoms. The third-order valence-electron chi connectivity index (χ3n) is 2.57.